The van der Waals surface area contributed by atoms with E-state index in [2.05, 4.69) is 10.3 Å². The smallest absolute Gasteiger partial charge is 0.250 e. The molecule has 1 aromatic rings. The summed E-state index contributed by atoms with van der Waals surface area (Å²) in [5, 5.41) is 11.1. The Hall–Kier alpha value is -1.93. The highest BCUT2D eigenvalue weighted by molar-refractivity contribution is 5.91. The number of hydrogen-bond acceptors (Lipinski definition) is 4. The molecule has 1 amide bonds. The Balaban J connectivity index is 2.60. The van der Waals surface area contributed by atoms with Crippen molar-refractivity contribution in [2.24, 2.45) is 0 Å². The molecule has 0 aliphatic rings. The lowest BCUT2D eigenvalue weighted by atomic mass is 10.2. The van der Waals surface area contributed by atoms with Crippen LogP contribution in [-0.2, 0) is 16.0 Å². The monoisotopic (exact) mass is 219 g/mol. The number of nitrogens with one attached hydrogen (secondary N) is 1. The highest BCUT2D eigenvalue weighted by Crippen LogP contribution is 2.09. The van der Waals surface area contributed by atoms with E-state index in [4.69, 9.17) is 10.00 Å². The number of aryl methyl sites for hydroxylation is 1. The minimum absolute atomic E-state index is 0.0237. The molecule has 1 aromatic heterocycles. The summed E-state index contributed by atoms with van der Waals surface area (Å²) in [6.45, 7) is 0.0237. The van der Waals surface area contributed by atoms with Gasteiger partial charge in [0, 0.05) is 37.5 Å². The van der Waals surface area contributed by atoms with Gasteiger partial charge in [-0.3, -0.25) is 9.78 Å². The average molecular weight is 219 g/mol. The maximum atomic E-state index is 11.2. The van der Waals surface area contributed by atoms with E-state index in [1.807, 2.05) is 6.07 Å². The minimum atomic E-state index is -0.208. The van der Waals surface area contributed by atoms with Crippen LogP contribution in [0.1, 0.15) is 12.1 Å². The zero-order valence-electron chi connectivity index (χ0n) is 9.06. The van der Waals surface area contributed by atoms with E-state index in [0.717, 1.165) is 5.69 Å². The molecule has 0 fully saturated rings. The van der Waals surface area contributed by atoms with Gasteiger partial charge in [-0.25, -0.2) is 0 Å². The van der Waals surface area contributed by atoms with Gasteiger partial charge in [-0.05, 0) is 12.1 Å². The van der Waals surface area contributed by atoms with Crippen molar-refractivity contribution >= 4 is 11.6 Å². The number of hydrogen-bond donors (Lipinski definition) is 1. The van der Waals surface area contributed by atoms with Gasteiger partial charge in [-0.1, -0.05) is 0 Å². The lowest BCUT2D eigenvalue weighted by Crippen LogP contribution is -2.17. The lowest BCUT2D eigenvalue weighted by Gasteiger charge is -2.05. The molecule has 1 rings (SSSR count). The maximum absolute atomic E-state index is 11.2. The molecule has 0 unspecified atom stereocenters. The molecule has 1 heterocycles. The molecular formula is C11H13N3O2. The normalized spacial score (nSPS) is 9.50. The lowest BCUT2D eigenvalue weighted by molar-refractivity contribution is -0.119. The van der Waals surface area contributed by atoms with Crippen LogP contribution in [0.2, 0.25) is 0 Å². The quantitative estimate of drug-likeness (QED) is 0.805. The number of ether oxygens (including phenoxy) is 1. The molecule has 1 N–H and O–H groups in total. The SMILES string of the molecule is COCC(=O)Nc1ccnc(CCC#N)c1. The van der Waals surface area contributed by atoms with Crippen molar-refractivity contribution in [2.45, 2.75) is 12.8 Å². The van der Waals surface area contributed by atoms with Gasteiger partial charge in [0.1, 0.15) is 6.61 Å². The van der Waals surface area contributed by atoms with Crippen LogP contribution in [0.5, 0.6) is 0 Å². The molecule has 0 saturated carbocycles. The number of nitriles is 1. The molecule has 16 heavy (non-hydrogen) atoms. The fraction of sp³-hybridized carbons (Fsp3) is 0.364. The van der Waals surface area contributed by atoms with E-state index < -0.39 is 0 Å². The standard InChI is InChI=1S/C11H13N3O2/c1-16-8-11(15)14-10-4-6-13-9(7-10)3-2-5-12/h4,6-7H,2-3,8H2,1H3,(H,13,14,15). The van der Waals surface area contributed by atoms with E-state index in [1.54, 1.807) is 18.3 Å². The van der Waals surface area contributed by atoms with E-state index in [-0.39, 0.29) is 12.5 Å². The highest BCUT2D eigenvalue weighted by Gasteiger charge is 2.02. The molecular weight excluding hydrogens is 206 g/mol. The Morgan fingerprint density at radius 2 is 2.50 bits per heavy atom. The zero-order valence-corrected chi connectivity index (χ0v) is 9.06. The van der Waals surface area contributed by atoms with Crippen LogP contribution in [0, 0.1) is 11.3 Å². The maximum Gasteiger partial charge on any atom is 0.250 e. The summed E-state index contributed by atoms with van der Waals surface area (Å²) in [7, 11) is 1.46. The molecule has 0 radical (unpaired) electrons. The molecule has 0 saturated heterocycles. The van der Waals surface area contributed by atoms with Gasteiger partial charge in [0.25, 0.3) is 0 Å². The third-order valence-corrected chi connectivity index (χ3v) is 1.87. The first-order chi connectivity index (χ1) is 7.76. The number of rotatable bonds is 5. The summed E-state index contributed by atoms with van der Waals surface area (Å²) in [5.74, 6) is -0.208. The van der Waals surface area contributed by atoms with Gasteiger partial charge in [0.05, 0.1) is 6.07 Å². The minimum Gasteiger partial charge on any atom is -0.375 e. The Labute approximate surface area is 94.1 Å². The van der Waals surface area contributed by atoms with E-state index in [0.29, 0.717) is 18.5 Å². The summed E-state index contributed by atoms with van der Waals surface area (Å²) >= 11 is 0. The van der Waals surface area contributed by atoms with Crippen LogP contribution in [0.4, 0.5) is 5.69 Å². The molecule has 0 atom stereocenters. The summed E-state index contributed by atoms with van der Waals surface area (Å²) in [6.07, 6.45) is 2.61. The second-order valence-corrected chi connectivity index (χ2v) is 3.18. The summed E-state index contributed by atoms with van der Waals surface area (Å²) in [4.78, 5) is 15.3. The van der Waals surface area contributed by atoms with Gasteiger partial charge in [0.15, 0.2) is 0 Å². The predicted molar refractivity (Wildman–Crippen MR) is 58.7 cm³/mol. The number of anilines is 1. The fourth-order valence-electron chi connectivity index (χ4n) is 1.20. The van der Waals surface area contributed by atoms with Crippen molar-refractivity contribution in [1.82, 2.24) is 4.98 Å². The van der Waals surface area contributed by atoms with Crippen LogP contribution >= 0.6 is 0 Å². The largest absolute Gasteiger partial charge is 0.375 e. The Morgan fingerprint density at radius 3 is 3.19 bits per heavy atom. The topological polar surface area (TPSA) is 75.0 Å². The van der Waals surface area contributed by atoms with Crippen molar-refractivity contribution < 1.29 is 9.53 Å². The third-order valence-electron chi connectivity index (χ3n) is 1.87. The van der Waals surface area contributed by atoms with Gasteiger partial charge >= 0.3 is 0 Å². The first-order valence-corrected chi connectivity index (χ1v) is 4.87. The van der Waals surface area contributed by atoms with Gasteiger partial charge < -0.3 is 10.1 Å². The van der Waals surface area contributed by atoms with Crippen molar-refractivity contribution in [3.05, 3.63) is 24.0 Å². The summed E-state index contributed by atoms with van der Waals surface area (Å²) in [5.41, 5.74) is 1.46. The number of aromatic nitrogens is 1. The van der Waals surface area contributed by atoms with E-state index in [1.165, 1.54) is 7.11 Å². The average Bonchev–Trinajstić information content (AvgIpc) is 2.27. The van der Waals surface area contributed by atoms with Crippen LogP contribution < -0.4 is 5.32 Å². The van der Waals surface area contributed by atoms with Crippen molar-refractivity contribution in [2.75, 3.05) is 19.0 Å². The van der Waals surface area contributed by atoms with Crippen molar-refractivity contribution in [1.29, 1.82) is 5.26 Å². The van der Waals surface area contributed by atoms with Crippen molar-refractivity contribution in [3.63, 3.8) is 0 Å². The fourth-order valence-corrected chi connectivity index (χ4v) is 1.20. The van der Waals surface area contributed by atoms with Crippen LogP contribution in [0.25, 0.3) is 0 Å². The molecule has 0 aliphatic heterocycles. The Morgan fingerprint density at radius 1 is 1.69 bits per heavy atom. The number of carbonyl (C=O) groups excluding carboxylic acids is 1. The number of methoxy groups -OCH3 is 1. The van der Waals surface area contributed by atoms with Gasteiger partial charge in [-0.2, -0.15) is 5.26 Å². The molecule has 5 nitrogen and oxygen atoms in total. The van der Waals surface area contributed by atoms with E-state index in [9.17, 15) is 4.79 Å². The van der Waals surface area contributed by atoms with Gasteiger partial charge in [0.2, 0.25) is 5.91 Å². The van der Waals surface area contributed by atoms with Crippen LogP contribution in [-0.4, -0.2) is 24.6 Å². The summed E-state index contributed by atoms with van der Waals surface area (Å²) < 4.78 is 4.70. The first kappa shape index (κ1) is 12.1. The van der Waals surface area contributed by atoms with E-state index >= 15 is 0 Å². The number of nitrogens with zero attached hydrogens (tertiary/aromatic N) is 2. The van der Waals surface area contributed by atoms with Crippen molar-refractivity contribution in [3.8, 4) is 6.07 Å². The van der Waals surface area contributed by atoms with Crippen LogP contribution in [0.3, 0.4) is 0 Å². The second-order valence-electron chi connectivity index (χ2n) is 3.18. The number of pyridine rings is 1. The first-order valence-electron chi connectivity index (χ1n) is 4.87. The molecule has 0 aromatic carbocycles. The number of amides is 1. The molecule has 5 heteroatoms. The molecule has 84 valence electrons. The Bertz CT molecular complexity index is 398. The highest BCUT2D eigenvalue weighted by atomic mass is 16.5. The predicted octanol–water partition coefficient (Wildman–Crippen LogP) is 1.12. The molecule has 0 bridgehead atoms. The third kappa shape index (κ3) is 4.07. The zero-order chi connectivity index (χ0) is 11.8. The van der Waals surface area contributed by atoms with Gasteiger partial charge in [-0.15, -0.1) is 0 Å². The van der Waals surface area contributed by atoms with Crippen LogP contribution in [0.15, 0.2) is 18.3 Å². The Kier molecular flexibility index (Phi) is 4.96. The number of carbonyl (C=O) groups is 1. The molecule has 0 spiro atoms. The summed E-state index contributed by atoms with van der Waals surface area (Å²) in [6, 6.07) is 5.50. The second kappa shape index (κ2) is 6.53. The molecule has 0 aliphatic carbocycles.